The molecule has 0 aliphatic rings. The average molecular weight is 867 g/mol. The molecular weight excluding hydrogens is 792 g/mol. The van der Waals surface area contributed by atoms with Gasteiger partial charge in [-0.05, 0) is 89.9 Å². The fraction of sp³-hybridized carbons (Fsp3) is 0.480. The lowest BCUT2D eigenvalue weighted by Crippen LogP contribution is -2.29. The fourth-order valence-corrected chi connectivity index (χ4v) is 5.54. The van der Waals surface area contributed by atoms with Crippen LogP contribution in [0.2, 0.25) is 0 Å². The van der Waals surface area contributed by atoms with Crippen LogP contribution in [0.15, 0.2) is 146 Å². The lowest BCUT2D eigenvalue weighted by atomic mass is 10.2. The Hall–Kier alpha value is -4.15. The number of allylic oxidation sites excluding steroid dienone is 24. The summed E-state index contributed by atoms with van der Waals surface area (Å²) in [5.74, 6) is -1.14. The molecule has 3 unspecified atom stereocenters. The molecule has 0 bridgehead atoms. The molecule has 0 radical (unpaired) electrons. The lowest BCUT2D eigenvalue weighted by Gasteiger charge is -2.20. The van der Waals surface area contributed by atoms with E-state index in [1.54, 1.807) is 0 Å². The van der Waals surface area contributed by atoms with Gasteiger partial charge in [-0.3, -0.25) is 18.6 Å². The van der Waals surface area contributed by atoms with Crippen LogP contribution in [0.5, 0.6) is 0 Å². The topological polar surface area (TPSA) is 149 Å². The number of phosphoric ester groups is 1. The minimum atomic E-state index is -4.67. The van der Waals surface area contributed by atoms with Crippen molar-refractivity contribution in [2.45, 2.75) is 129 Å². The molecule has 0 aliphatic carbocycles. The van der Waals surface area contributed by atoms with E-state index in [0.29, 0.717) is 19.3 Å². The van der Waals surface area contributed by atoms with Crippen LogP contribution in [0.25, 0.3) is 0 Å². The molecule has 0 spiro atoms. The zero-order chi connectivity index (χ0) is 44.8. The van der Waals surface area contributed by atoms with Crippen molar-refractivity contribution < 1.29 is 47.8 Å². The van der Waals surface area contributed by atoms with Crippen molar-refractivity contribution in [3.63, 3.8) is 0 Å². The molecule has 3 atom stereocenters. The number of phosphoric acid groups is 1. The molecule has 10 nitrogen and oxygen atoms in total. The van der Waals surface area contributed by atoms with Crippen molar-refractivity contribution in [1.29, 1.82) is 0 Å². The predicted molar refractivity (Wildman–Crippen MR) is 251 cm³/mol. The van der Waals surface area contributed by atoms with Gasteiger partial charge in [0.2, 0.25) is 0 Å². The summed E-state index contributed by atoms with van der Waals surface area (Å²) in [6.07, 6.45) is 59.8. The van der Waals surface area contributed by atoms with Gasteiger partial charge in [0.1, 0.15) is 12.7 Å². The third-order valence-electron chi connectivity index (χ3n) is 8.02. The number of carbonyl (C=O) groups is 2. The highest BCUT2D eigenvalue weighted by Gasteiger charge is 2.27. The van der Waals surface area contributed by atoms with Crippen molar-refractivity contribution in [1.82, 2.24) is 0 Å². The number of ether oxygens (including phenoxy) is 2. The maximum Gasteiger partial charge on any atom is 0.472 e. The van der Waals surface area contributed by atoms with Gasteiger partial charge in [-0.15, -0.1) is 0 Å². The molecule has 340 valence electrons. The molecule has 0 saturated heterocycles. The Kier molecular flexibility index (Phi) is 40.9. The molecule has 0 aromatic carbocycles. The molecule has 0 fully saturated rings. The Morgan fingerprint density at radius 2 is 0.787 bits per heavy atom. The van der Waals surface area contributed by atoms with Gasteiger partial charge < -0.3 is 24.6 Å². The number of aliphatic hydroxyl groups excluding tert-OH is 2. The second-order valence-electron chi connectivity index (χ2n) is 13.6. The summed E-state index contributed by atoms with van der Waals surface area (Å²) in [4.78, 5) is 34.9. The van der Waals surface area contributed by atoms with Gasteiger partial charge in [-0.25, -0.2) is 4.57 Å². The van der Waals surface area contributed by atoms with E-state index in [-0.39, 0.29) is 12.8 Å². The maximum absolute atomic E-state index is 12.6. The molecule has 0 aromatic heterocycles. The van der Waals surface area contributed by atoms with Crippen molar-refractivity contribution >= 4 is 19.8 Å². The molecule has 0 heterocycles. The van der Waals surface area contributed by atoms with E-state index in [1.165, 1.54) is 0 Å². The van der Waals surface area contributed by atoms with Gasteiger partial charge in [0.25, 0.3) is 0 Å². The molecule has 3 N–H and O–H groups in total. The molecule has 11 heteroatoms. The Labute approximate surface area is 367 Å². The Morgan fingerprint density at radius 1 is 0.475 bits per heavy atom. The minimum absolute atomic E-state index is 0.0330. The highest BCUT2D eigenvalue weighted by atomic mass is 31.2. The maximum atomic E-state index is 12.6. The summed E-state index contributed by atoms with van der Waals surface area (Å²) in [6.45, 7) is 1.94. The molecule has 0 saturated carbocycles. The smallest absolute Gasteiger partial charge is 0.462 e. The van der Waals surface area contributed by atoms with Crippen molar-refractivity contribution in [3.05, 3.63) is 146 Å². The van der Waals surface area contributed by atoms with E-state index in [4.69, 9.17) is 19.1 Å². The van der Waals surface area contributed by atoms with E-state index < -0.39 is 58.4 Å². The third kappa shape index (κ3) is 43.7. The number of aliphatic hydroxyl groups is 2. The first-order valence-electron chi connectivity index (χ1n) is 21.8. The number of rotatable bonds is 38. The van der Waals surface area contributed by atoms with Gasteiger partial charge in [0, 0.05) is 12.8 Å². The standard InChI is InChI=1S/C50H75O10P/c1-3-5-7-9-11-13-15-17-19-21-23-25-27-29-31-33-35-37-39-41-49(53)57-45-48(46-59-61(55,56)58-44-47(52)43-51)60-50(54)42-40-38-36-34-32-30-28-26-24-22-20-18-16-14-12-10-8-6-4-2/h5-8,11-14,17-20,23-26,29-32,35-38,47-48,51-52H,3-4,9-10,15-16,21-22,27-28,33-34,39-46H2,1-2H3,(H,55,56)/b7-5-,8-6-,13-11-,14-12-,19-17-,20-18-,25-23-,26-24-,31-29-,32-30-,37-35-,38-36-. The van der Waals surface area contributed by atoms with E-state index in [0.717, 1.165) is 70.6 Å². The quantitative estimate of drug-likeness (QED) is 0.0311. The number of hydrogen-bond donors (Lipinski definition) is 3. The average Bonchev–Trinajstić information content (AvgIpc) is 3.25. The first-order chi connectivity index (χ1) is 29.7. The zero-order valence-electron chi connectivity index (χ0n) is 36.8. The molecule has 0 aliphatic heterocycles. The molecule has 61 heavy (non-hydrogen) atoms. The number of esters is 2. The lowest BCUT2D eigenvalue weighted by molar-refractivity contribution is -0.161. The Morgan fingerprint density at radius 3 is 1.13 bits per heavy atom. The van der Waals surface area contributed by atoms with Crippen LogP contribution in [-0.2, 0) is 32.7 Å². The molecular formula is C50H75O10P. The van der Waals surface area contributed by atoms with Crippen molar-refractivity contribution in [2.24, 2.45) is 0 Å². The van der Waals surface area contributed by atoms with Crippen LogP contribution in [0.1, 0.15) is 117 Å². The van der Waals surface area contributed by atoms with Crippen LogP contribution in [0.4, 0.5) is 0 Å². The normalized spacial score (nSPS) is 15.2. The summed E-state index contributed by atoms with van der Waals surface area (Å²) in [5.41, 5.74) is 0. The first-order valence-corrected chi connectivity index (χ1v) is 23.3. The van der Waals surface area contributed by atoms with Gasteiger partial charge in [-0.2, -0.15) is 0 Å². The highest BCUT2D eigenvalue weighted by Crippen LogP contribution is 2.43. The van der Waals surface area contributed by atoms with Gasteiger partial charge >= 0.3 is 19.8 Å². The summed E-state index contributed by atoms with van der Waals surface area (Å²) in [5, 5.41) is 18.3. The molecule has 0 aromatic rings. The Balaban J connectivity index is 4.58. The van der Waals surface area contributed by atoms with Gasteiger partial charge in [-0.1, -0.05) is 160 Å². The molecule has 0 amide bonds. The van der Waals surface area contributed by atoms with Crippen LogP contribution >= 0.6 is 7.82 Å². The first kappa shape index (κ1) is 56.9. The number of carbonyl (C=O) groups excluding carboxylic acids is 2. The number of hydrogen-bond acceptors (Lipinski definition) is 9. The van der Waals surface area contributed by atoms with Crippen molar-refractivity contribution in [3.8, 4) is 0 Å². The third-order valence-corrected chi connectivity index (χ3v) is 8.97. The summed E-state index contributed by atoms with van der Waals surface area (Å²) < 4.78 is 32.5. The van der Waals surface area contributed by atoms with Crippen LogP contribution in [-0.4, -0.2) is 65.7 Å². The van der Waals surface area contributed by atoms with E-state index in [2.05, 4.69) is 134 Å². The van der Waals surface area contributed by atoms with Crippen LogP contribution < -0.4 is 0 Å². The predicted octanol–water partition coefficient (Wildman–Crippen LogP) is 11.9. The van der Waals surface area contributed by atoms with Crippen LogP contribution in [0.3, 0.4) is 0 Å². The largest absolute Gasteiger partial charge is 0.472 e. The van der Waals surface area contributed by atoms with E-state index in [9.17, 15) is 24.2 Å². The minimum Gasteiger partial charge on any atom is -0.462 e. The SMILES string of the molecule is CC/C=C\C/C=C\C/C=C\C/C=C\C/C=C\C/C=C\CCC(=O)OCC(COP(=O)(O)OCC(O)CO)OC(=O)CC/C=C\C/C=C\C/C=C\C/C=C\C/C=C\C/C=C\CC. The Bertz CT molecular complexity index is 1510. The monoisotopic (exact) mass is 867 g/mol. The van der Waals surface area contributed by atoms with Gasteiger partial charge in [0.15, 0.2) is 6.10 Å². The van der Waals surface area contributed by atoms with E-state index in [1.807, 2.05) is 30.4 Å². The van der Waals surface area contributed by atoms with E-state index >= 15 is 0 Å². The fourth-order valence-electron chi connectivity index (χ4n) is 4.75. The second-order valence-corrected chi connectivity index (χ2v) is 15.1. The van der Waals surface area contributed by atoms with Crippen molar-refractivity contribution in [2.75, 3.05) is 26.4 Å². The van der Waals surface area contributed by atoms with Gasteiger partial charge in [0.05, 0.1) is 19.8 Å². The van der Waals surface area contributed by atoms with Crippen LogP contribution in [0, 0.1) is 0 Å². The molecule has 0 rings (SSSR count). The summed E-state index contributed by atoms with van der Waals surface area (Å²) >= 11 is 0. The summed E-state index contributed by atoms with van der Waals surface area (Å²) in [6, 6.07) is 0. The highest BCUT2D eigenvalue weighted by molar-refractivity contribution is 7.47. The second kappa shape index (κ2) is 43.9. The summed E-state index contributed by atoms with van der Waals surface area (Å²) in [7, 11) is -4.67. The zero-order valence-corrected chi connectivity index (χ0v) is 37.7.